The van der Waals surface area contributed by atoms with E-state index in [0.717, 1.165) is 0 Å². The SMILES string of the molecule is CC=COCOC1CCC1. The second-order valence-electron chi connectivity index (χ2n) is 2.47. The normalized spacial score (nSPS) is 19.3. The van der Waals surface area contributed by atoms with E-state index in [9.17, 15) is 0 Å². The molecule has 1 rings (SSSR count). The molecule has 0 aromatic carbocycles. The topological polar surface area (TPSA) is 18.5 Å². The van der Waals surface area contributed by atoms with Gasteiger partial charge in [-0.2, -0.15) is 0 Å². The summed E-state index contributed by atoms with van der Waals surface area (Å²) >= 11 is 0. The molecule has 2 nitrogen and oxygen atoms in total. The van der Waals surface area contributed by atoms with Crippen LogP contribution in [-0.2, 0) is 9.47 Å². The second-order valence-corrected chi connectivity index (χ2v) is 2.47. The van der Waals surface area contributed by atoms with E-state index in [1.807, 2.05) is 13.0 Å². The maximum absolute atomic E-state index is 5.31. The van der Waals surface area contributed by atoms with E-state index < -0.39 is 0 Å². The van der Waals surface area contributed by atoms with Crippen molar-refractivity contribution in [1.82, 2.24) is 0 Å². The molecule has 0 aromatic heterocycles. The molecule has 1 saturated carbocycles. The fraction of sp³-hybridized carbons (Fsp3) is 0.750. The number of hydrogen-bond acceptors (Lipinski definition) is 2. The third-order valence-corrected chi connectivity index (χ3v) is 1.66. The van der Waals surface area contributed by atoms with Gasteiger partial charge < -0.3 is 9.47 Å². The summed E-state index contributed by atoms with van der Waals surface area (Å²) in [7, 11) is 0. The first-order chi connectivity index (χ1) is 4.93. The Morgan fingerprint density at radius 3 is 2.80 bits per heavy atom. The van der Waals surface area contributed by atoms with Crippen molar-refractivity contribution < 1.29 is 9.47 Å². The van der Waals surface area contributed by atoms with Crippen LogP contribution in [0.1, 0.15) is 26.2 Å². The minimum atomic E-state index is 0.412. The summed E-state index contributed by atoms with van der Waals surface area (Å²) in [5.74, 6) is 0. The first kappa shape index (κ1) is 7.61. The lowest BCUT2D eigenvalue weighted by atomic mass is 9.96. The minimum Gasteiger partial charge on any atom is -0.475 e. The van der Waals surface area contributed by atoms with Crippen LogP contribution < -0.4 is 0 Å². The van der Waals surface area contributed by atoms with Crippen LogP contribution in [0.15, 0.2) is 12.3 Å². The van der Waals surface area contributed by atoms with Crippen LogP contribution in [0.5, 0.6) is 0 Å². The first-order valence-electron chi connectivity index (χ1n) is 3.78. The Morgan fingerprint density at radius 2 is 2.30 bits per heavy atom. The number of rotatable bonds is 4. The first-order valence-corrected chi connectivity index (χ1v) is 3.78. The van der Waals surface area contributed by atoms with Crippen LogP contribution >= 0.6 is 0 Å². The van der Waals surface area contributed by atoms with Crippen LogP contribution in [0, 0.1) is 0 Å². The molecule has 0 aliphatic heterocycles. The molecule has 1 aliphatic carbocycles. The van der Waals surface area contributed by atoms with Crippen molar-refractivity contribution in [2.75, 3.05) is 6.79 Å². The summed E-state index contributed by atoms with van der Waals surface area (Å²) in [6, 6.07) is 0. The highest BCUT2D eigenvalue weighted by Gasteiger charge is 2.17. The molecule has 1 aliphatic rings. The van der Waals surface area contributed by atoms with Crippen molar-refractivity contribution in [2.24, 2.45) is 0 Å². The zero-order valence-electron chi connectivity index (χ0n) is 6.38. The summed E-state index contributed by atoms with van der Waals surface area (Å²) in [5, 5.41) is 0. The van der Waals surface area contributed by atoms with Gasteiger partial charge in [0.2, 0.25) is 0 Å². The van der Waals surface area contributed by atoms with Crippen LogP contribution in [0.4, 0.5) is 0 Å². The summed E-state index contributed by atoms with van der Waals surface area (Å²) in [6.45, 7) is 2.33. The zero-order valence-corrected chi connectivity index (χ0v) is 6.38. The molecule has 0 unspecified atom stereocenters. The van der Waals surface area contributed by atoms with Gasteiger partial charge in [0.25, 0.3) is 0 Å². The highest BCUT2D eigenvalue weighted by molar-refractivity contribution is 4.69. The molecule has 2 heteroatoms. The fourth-order valence-corrected chi connectivity index (χ4v) is 0.808. The highest BCUT2D eigenvalue weighted by atomic mass is 16.7. The lowest BCUT2D eigenvalue weighted by Crippen LogP contribution is -2.22. The highest BCUT2D eigenvalue weighted by Crippen LogP contribution is 2.21. The Balaban J connectivity index is 1.85. The Morgan fingerprint density at radius 1 is 1.50 bits per heavy atom. The molecule has 0 amide bonds. The summed E-state index contributed by atoms with van der Waals surface area (Å²) < 4.78 is 10.3. The fourth-order valence-electron chi connectivity index (χ4n) is 0.808. The van der Waals surface area contributed by atoms with E-state index >= 15 is 0 Å². The van der Waals surface area contributed by atoms with Crippen LogP contribution in [0.3, 0.4) is 0 Å². The summed E-state index contributed by atoms with van der Waals surface area (Å²) in [6.07, 6.45) is 7.71. The van der Waals surface area contributed by atoms with Crippen molar-refractivity contribution in [3.63, 3.8) is 0 Å². The van der Waals surface area contributed by atoms with Gasteiger partial charge in [0, 0.05) is 0 Å². The summed E-state index contributed by atoms with van der Waals surface area (Å²) in [5.41, 5.74) is 0. The quantitative estimate of drug-likeness (QED) is 0.340. The van der Waals surface area contributed by atoms with E-state index in [1.165, 1.54) is 19.3 Å². The van der Waals surface area contributed by atoms with Crippen LogP contribution in [0.2, 0.25) is 0 Å². The lowest BCUT2D eigenvalue weighted by molar-refractivity contribution is -0.0845. The average molecular weight is 142 g/mol. The maximum Gasteiger partial charge on any atom is 0.188 e. The molecule has 0 atom stereocenters. The zero-order chi connectivity index (χ0) is 7.23. The molecular weight excluding hydrogens is 128 g/mol. The van der Waals surface area contributed by atoms with Crippen molar-refractivity contribution in [1.29, 1.82) is 0 Å². The van der Waals surface area contributed by atoms with Gasteiger partial charge in [0.1, 0.15) is 0 Å². The molecule has 10 heavy (non-hydrogen) atoms. The van der Waals surface area contributed by atoms with Gasteiger partial charge in [-0.05, 0) is 26.2 Å². The Kier molecular flexibility index (Phi) is 3.30. The third kappa shape index (κ3) is 2.40. The van der Waals surface area contributed by atoms with Gasteiger partial charge in [0.05, 0.1) is 12.4 Å². The molecule has 0 spiro atoms. The molecule has 0 heterocycles. The largest absolute Gasteiger partial charge is 0.475 e. The summed E-state index contributed by atoms with van der Waals surface area (Å²) in [4.78, 5) is 0. The van der Waals surface area contributed by atoms with Crippen molar-refractivity contribution in [3.8, 4) is 0 Å². The van der Waals surface area contributed by atoms with E-state index in [2.05, 4.69) is 0 Å². The van der Waals surface area contributed by atoms with E-state index in [1.54, 1.807) is 6.26 Å². The predicted octanol–water partition coefficient (Wildman–Crippen LogP) is 2.06. The molecule has 58 valence electrons. The van der Waals surface area contributed by atoms with Crippen molar-refractivity contribution in [2.45, 2.75) is 32.3 Å². The molecule has 1 fully saturated rings. The Bertz CT molecular complexity index is 106. The van der Waals surface area contributed by atoms with Gasteiger partial charge in [-0.15, -0.1) is 0 Å². The van der Waals surface area contributed by atoms with Gasteiger partial charge >= 0.3 is 0 Å². The standard InChI is InChI=1S/C8H14O2/c1-2-6-9-7-10-8-4-3-5-8/h2,6,8H,3-5,7H2,1H3. The lowest BCUT2D eigenvalue weighted by Gasteiger charge is -2.24. The second kappa shape index (κ2) is 4.34. The van der Waals surface area contributed by atoms with Gasteiger partial charge in [0.15, 0.2) is 6.79 Å². The Hall–Kier alpha value is -0.500. The maximum atomic E-state index is 5.31. The molecule has 0 N–H and O–H groups in total. The Labute approximate surface area is 61.8 Å². The monoisotopic (exact) mass is 142 g/mol. The van der Waals surface area contributed by atoms with Gasteiger partial charge in [-0.3, -0.25) is 0 Å². The van der Waals surface area contributed by atoms with E-state index in [-0.39, 0.29) is 0 Å². The van der Waals surface area contributed by atoms with E-state index in [4.69, 9.17) is 9.47 Å². The average Bonchev–Trinajstić information content (AvgIpc) is 1.84. The molecule has 0 saturated heterocycles. The smallest absolute Gasteiger partial charge is 0.188 e. The van der Waals surface area contributed by atoms with Gasteiger partial charge in [-0.25, -0.2) is 0 Å². The number of hydrogen-bond donors (Lipinski definition) is 0. The van der Waals surface area contributed by atoms with Crippen molar-refractivity contribution >= 4 is 0 Å². The van der Waals surface area contributed by atoms with E-state index in [0.29, 0.717) is 12.9 Å². The van der Waals surface area contributed by atoms with Crippen molar-refractivity contribution in [3.05, 3.63) is 12.3 Å². The number of ether oxygens (including phenoxy) is 2. The predicted molar refractivity (Wildman–Crippen MR) is 39.5 cm³/mol. The van der Waals surface area contributed by atoms with Crippen LogP contribution in [0.25, 0.3) is 0 Å². The molecular formula is C8H14O2. The van der Waals surface area contributed by atoms with Crippen LogP contribution in [-0.4, -0.2) is 12.9 Å². The third-order valence-electron chi connectivity index (χ3n) is 1.66. The molecule has 0 bridgehead atoms. The van der Waals surface area contributed by atoms with Gasteiger partial charge in [-0.1, -0.05) is 6.08 Å². The minimum absolute atomic E-state index is 0.412. The number of allylic oxidation sites excluding steroid dienone is 1. The molecule has 0 radical (unpaired) electrons. The molecule has 0 aromatic rings.